The molecular weight excluding hydrogens is 348 g/mol. The fourth-order valence-electron chi connectivity index (χ4n) is 3.37. The van der Waals surface area contributed by atoms with E-state index in [-0.39, 0.29) is 18.0 Å². The third kappa shape index (κ3) is 3.49. The standard InChI is InChI=1S/C18H24N6O3/c1-6-23-12(4)14(10(2)20-23)7-8-19-15(25)9-24-18(26)17-16(11(3)21-24)13(5)27-22-17/h6-9H2,1-5H3,(H,19,25). The Morgan fingerprint density at radius 3 is 2.48 bits per heavy atom. The number of nitrogens with zero attached hydrogens (tertiary/aromatic N) is 5. The summed E-state index contributed by atoms with van der Waals surface area (Å²) in [7, 11) is 0. The summed E-state index contributed by atoms with van der Waals surface area (Å²) in [5.74, 6) is 0.267. The molecule has 9 heteroatoms. The monoisotopic (exact) mass is 372 g/mol. The quantitative estimate of drug-likeness (QED) is 0.696. The van der Waals surface area contributed by atoms with E-state index in [4.69, 9.17) is 4.52 Å². The SMILES string of the molecule is CCn1nc(C)c(CCNC(=O)Cn2nc(C)c3c(C)onc3c2=O)c1C. The zero-order valence-electron chi connectivity index (χ0n) is 16.3. The Labute approximate surface area is 156 Å². The lowest BCUT2D eigenvalue weighted by atomic mass is 10.1. The number of carbonyl (C=O) groups excluding carboxylic acids is 1. The predicted octanol–water partition coefficient (Wildman–Crippen LogP) is 1.19. The maximum atomic E-state index is 12.4. The molecule has 0 aliphatic heterocycles. The lowest BCUT2D eigenvalue weighted by Gasteiger charge is -2.08. The molecule has 0 fully saturated rings. The van der Waals surface area contributed by atoms with Crippen LogP contribution in [0.15, 0.2) is 9.32 Å². The first-order chi connectivity index (χ1) is 12.8. The Morgan fingerprint density at radius 1 is 1.11 bits per heavy atom. The maximum absolute atomic E-state index is 12.4. The molecule has 3 aromatic heterocycles. The largest absolute Gasteiger partial charge is 0.360 e. The molecule has 9 nitrogen and oxygen atoms in total. The highest BCUT2D eigenvalue weighted by Crippen LogP contribution is 2.16. The van der Waals surface area contributed by atoms with Crippen LogP contribution < -0.4 is 10.9 Å². The van der Waals surface area contributed by atoms with Gasteiger partial charge in [0.05, 0.1) is 16.8 Å². The third-order valence-corrected chi connectivity index (χ3v) is 4.75. The van der Waals surface area contributed by atoms with E-state index in [0.29, 0.717) is 29.8 Å². The first-order valence-electron chi connectivity index (χ1n) is 8.96. The van der Waals surface area contributed by atoms with E-state index in [9.17, 15) is 9.59 Å². The van der Waals surface area contributed by atoms with Gasteiger partial charge in [0.15, 0.2) is 5.52 Å². The highest BCUT2D eigenvalue weighted by molar-refractivity contribution is 5.82. The number of hydrogen-bond acceptors (Lipinski definition) is 6. The number of aromatic nitrogens is 5. The Morgan fingerprint density at radius 2 is 1.81 bits per heavy atom. The second kappa shape index (κ2) is 7.34. The van der Waals surface area contributed by atoms with Gasteiger partial charge in [-0.25, -0.2) is 4.68 Å². The van der Waals surface area contributed by atoms with Crippen molar-refractivity contribution in [1.29, 1.82) is 0 Å². The number of nitrogens with one attached hydrogen (secondary N) is 1. The molecule has 0 saturated carbocycles. The van der Waals surface area contributed by atoms with E-state index in [1.54, 1.807) is 13.8 Å². The van der Waals surface area contributed by atoms with E-state index in [0.717, 1.165) is 28.2 Å². The van der Waals surface area contributed by atoms with E-state index in [1.165, 1.54) is 0 Å². The number of hydrogen-bond donors (Lipinski definition) is 1. The van der Waals surface area contributed by atoms with Crippen molar-refractivity contribution >= 4 is 16.8 Å². The number of amides is 1. The summed E-state index contributed by atoms with van der Waals surface area (Å²) in [6.45, 7) is 10.7. The highest BCUT2D eigenvalue weighted by Gasteiger charge is 2.17. The van der Waals surface area contributed by atoms with Gasteiger partial charge in [0.1, 0.15) is 12.3 Å². The second-order valence-corrected chi connectivity index (χ2v) is 6.58. The van der Waals surface area contributed by atoms with Crippen molar-refractivity contribution < 1.29 is 9.32 Å². The topological polar surface area (TPSA) is 108 Å². The highest BCUT2D eigenvalue weighted by atomic mass is 16.5. The summed E-state index contributed by atoms with van der Waals surface area (Å²) in [6.07, 6.45) is 0.687. The van der Waals surface area contributed by atoms with Gasteiger partial charge in [-0.1, -0.05) is 5.16 Å². The molecule has 0 aliphatic carbocycles. The fourth-order valence-corrected chi connectivity index (χ4v) is 3.37. The zero-order valence-corrected chi connectivity index (χ0v) is 16.3. The summed E-state index contributed by atoms with van der Waals surface area (Å²) < 4.78 is 8.15. The van der Waals surface area contributed by atoms with E-state index in [1.807, 2.05) is 25.5 Å². The van der Waals surface area contributed by atoms with Crippen molar-refractivity contribution in [3.05, 3.63) is 38.8 Å². The Bertz CT molecular complexity index is 1060. The van der Waals surface area contributed by atoms with Crippen LogP contribution in [0, 0.1) is 27.7 Å². The molecule has 3 heterocycles. The van der Waals surface area contributed by atoms with E-state index in [2.05, 4.69) is 20.7 Å². The summed E-state index contributed by atoms with van der Waals surface area (Å²) in [4.78, 5) is 24.7. The maximum Gasteiger partial charge on any atom is 0.297 e. The van der Waals surface area contributed by atoms with Crippen LogP contribution in [0.2, 0.25) is 0 Å². The van der Waals surface area contributed by atoms with Crippen molar-refractivity contribution in [2.45, 2.75) is 54.1 Å². The number of carbonyl (C=O) groups is 1. The Kier molecular flexibility index (Phi) is 5.11. The van der Waals surface area contributed by atoms with Crippen molar-refractivity contribution in [2.75, 3.05) is 6.54 Å². The third-order valence-electron chi connectivity index (χ3n) is 4.75. The normalized spacial score (nSPS) is 11.3. The molecule has 3 aromatic rings. The van der Waals surface area contributed by atoms with Crippen LogP contribution in [-0.4, -0.2) is 37.2 Å². The number of rotatable bonds is 6. The van der Waals surface area contributed by atoms with Gasteiger partial charge < -0.3 is 9.84 Å². The Hall–Kier alpha value is -2.97. The summed E-state index contributed by atoms with van der Waals surface area (Å²) in [6, 6.07) is 0. The van der Waals surface area contributed by atoms with Gasteiger partial charge >= 0.3 is 0 Å². The predicted molar refractivity (Wildman–Crippen MR) is 99.6 cm³/mol. The van der Waals surface area contributed by atoms with Crippen molar-refractivity contribution in [3.63, 3.8) is 0 Å². The average Bonchev–Trinajstić information content (AvgIpc) is 3.14. The molecule has 1 N–H and O–H groups in total. The zero-order chi connectivity index (χ0) is 19.7. The smallest absolute Gasteiger partial charge is 0.297 e. The summed E-state index contributed by atoms with van der Waals surface area (Å²) in [5.41, 5.74) is 3.61. The lowest BCUT2D eigenvalue weighted by molar-refractivity contribution is -0.121. The van der Waals surface area contributed by atoms with Crippen LogP contribution in [0.5, 0.6) is 0 Å². The van der Waals surface area contributed by atoms with Crippen LogP contribution in [-0.2, 0) is 24.3 Å². The molecule has 0 atom stereocenters. The summed E-state index contributed by atoms with van der Waals surface area (Å²) >= 11 is 0. The molecule has 0 saturated heterocycles. The second-order valence-electron chi connectivity index (χ2n) is 6.58. The average molecular weight is 372 g/mol. The molecule has 0 bridgehead atoms. The van der Waals surface area contributed by atoms with Crippen LogP contribution in [0.25, 0.3) is 10.9 Å². The molecule has 0 aliphatic rings. The van der Waals surface area contributed by atoms with Gasteiger partial charge in [-0.05, 0) is 46.6 Å². The van der Waals surface area contributed by atoms with Crippen molar-refractivity contribution in [3.8, 4) is 0 Å². The van der Waals surface area contributed by atoms with E-state index >= 15 is 0 Å². The van der Waals surface area contributed by atoms with Gasteiger partial charge in [0, 0.05) is 18.8 Å². The fraction of sp³-hybridized carbons (Fsp3) is 0.500. The van der Waals surface area contributed by atoms with Gasteiger partial charge in [-0.2, -0.15) is 10.2 Å². The molecule has 1 amide bonds. The van der Waals surface area contributed by atoms with Crippen LogP contribution in [0.1, 0.15) is 35.3 Å². The van der Waals surface area contributed by atoms with Gasteiger partial charge in [-0.15, -0.1) is 0 Å². The lowest BCUT2D eigenvalue weighted by Crippen LogP contribution is -2.35. The minimum Gasteiger partial charge on any atom is -0.360 e. The first-order valence-corrected chi connectivity index (χ1v) is 8.96. The molecule has 0 radical (unpaired) electrons. The number of fused-ring (bicyclic) bond motifs is 1. The van der Waals surface area contributed by atoms with E-state index < -0.39 is 5.56 Å². The van der Waals surface area contributed by atoms with Crippen molar-refractivity contribution in [2.24, 2.45) is 0 Å². The molecule has 0 aromatic carbocycles. The minimum atomic E-state index is -0.432. The Balaban J connectivity index is 1.67. The molecule has 0 spiro atoms. The minimum absolute atomic E-state index is 0.159. The van der Waals surface area contributed by atoms with Gasteiger partial charge in [0.2, 0.25) is 5.91 Å². The molecule has 144 valence electrons. The van der Waals surface area contributed by atoms with Crippen LogP contribution >= 0.6 is 0 Å². The first kappa shape index (κ1) is 18.8. The van der Waals surface area contributed by atoms with Gasteiger partial charge in [0.25, 0.3) is 5.56 Å². The summed E-state index contributed by atoms with van der Waals surface area (Å²) in [5, 5.41) is 15.9. The van der Waals surface area contributed by atoms with Crippen LogP contribution in [0.3, 0.4) is 0 Å². The van der Waals surface area contributed by atoms with Gasteiger partial charge in [-0.3, -0.25) is 14.3 Å². The molecule has 27 heavy (non-hydrogen) atoms. The van der Waals surface area contributed by atoms with Crippen LogP contribution in [0.4, 0.5) is 0 Å². The molecular formula is C18H24N6O3. The van der Waals surface area contributed by atoms with Crippen molar-refractivity contribution in [1.82, 2.24) is 30.0 Å². The number of aryl methyl sites for hydroxylation is 4. The molecule has 3 rings (SSSR count). The molecule has 0 unspecified atom stereocenters.